The molecule has 0 aliphatic carbocycles. The normalized spacial score (nSPS) is 25.3. The molecule has 0 saturated carbocycles. The third kappa shape index (κ3) is 3.28. The summed E-state index contributed by atoms with van der Waals surface area (Å²) in [5, 5.41) is 0. The van der Waals surface area contributed by atoms with Gasteiger partial charge in [0.25, 0.3) is 0 Å². The van der Waals surface area contributed by atoms with Crippen molar-refractivity contribution in [2.75, 3.05) is 13.7 Å². The largest absolute Gasteiger partial charge is 0.381 e. The topological polar surface area (TPSA) is 51.4 Å². The molecule has 1 saturated heterocycles. The van der Waals surface area contributed by atoms with E-state index in [0.717, 1.165) is 31.6 Å². The summed E-state index contributed by atoms with van der Waals surface area (Å²) in [6.45, 7) is 4.86. The van der Waals surface area contributed by atoms with Gasteiger partial charge in [-0.05, 0) is 37.5 Å². The number of nitrogens with zero attached hydrogens (tertiary/aromatic N) is 2. The van der Waals surface area contributed by atoms with Gasteiger partial charge < -0.3 is 10.5 Å². The Bertz CT molecular complexity index is 383. The molecule has 0 radical (unpaired) electrons. The molecule has 4 nitrogen and oxygen atoms in total. The van der Waals surface area contributed by atoms with Gasteiger partial charge in [-0.3, -0.25) is 9.88 Å². The molecule has 0 aromatic carbocycles. The summed E-state index contributed by atoms with van der Waals surface area (Å²) in [6, 6.07) is 4.75. The number of likely N-dealkylation sites (tertiary alicyclic amines) is 1. The van der Waals surface area contributed by atoms with Crippen LogP contribution in [0.5, 0.6) is 0 Å². The zero-order chi connectivity index (χ0) is 13.0. The second-order valence-electron chi connectivity index (χ2n) is 5.06. The smallest absolute Gasteiger partial charge is 0.0598 e. The van der Waals surface area contributed by atoms with Crippen LogP contribution in [-0.4, -0.2) is 35.7 Å². The molecule has 2 unspecified atom stereocenters. The molecule has 1 aromatic rings. The Hall–Kier alpha value is -0.970. The SMILES string of the molecule is COC1CCN(Cc2ccnc(CN)c2)C(C)C1. The van der Waals surface area contributed by atoms with Crippen LogP contribution in [0.4, 0.5) is 0 Å². The summed E-state index contributed by atoms with van der Waals surface area (Å²) < 4.78 is 5.44. The Kier molecular flexibility index (Phi) is 4.69. The standard InChI is InChI=1S/C14H23N3O/c1-11-7-14(18-2)4-6-17(11)10-12-3-5-16-13(8-12)9-15/h3,5,8,11,14H,4,6-7,9-10,15H2,1-2H3. The Balaban J connectivity index is 1.96. The predicted octanol–water partition coefficient (Wildman–Crippen LogP) is 1.54. The highest BCUT2D eigenvalue weighted by molar-refractivity contribution is 5.16. The number of ether oxygens (including phenoxy) is 1. The first-order valence-electron chi connectivity index (χ1n) is 6.63. The van der Waals surface area contributed by atoms with E-state index in [2.05, 4.69) is 28.9 Å². The number of methoxy groups -OCH3 is 1. The third-order valence-electron chi connectivity index (χ3n) is 3.77. The highest BCUT2D eigenvalue weighted by atomic mass is 16.5. The molecule has 0 amide bonds. The molecule has 1 aromatic heterocycles. The molecule has 2 N–H and O–H groups in total. The second kappa shape index (κ2) is 6.27. The van der Waals surface area contributed by atoms with Crippen LogP contribution in [0.3, 0.4) is 0 Å². The summed E-state index contributed by atoms with van der Waals surface area (Å²) >= 11 is 0. The highest BCUT2D eigenvalue weighted by Crippen LogP contribution is 2.21. The number of hydrogen-bond donors (Lipinski definition) is 1. The van der Waals surface area contributed by atoms with Crippen LogP contribution in [0.25, 0.3) is 0 Å². The van der Waals surface area contributed by atoms with Crippen LogP contribution in [0.1, 0.15) is 31.0 Å². The Morgan fingerprint density at radius 1 is 1.56 bits per heavy atom. The van der Waals surface area contributed by atoms with Crippen LogP contribution in [-0.2, 0) is 17.8 Å². The number of rotatable bonds is 4. The van der Waals surface area contributed by atoms with Gasteiger partial charge in [-0.2, -0.15) is 0 Å². The van der Waals surface area contributed by atoms with Crippen molar-refractivity contribution in [3.05, 3.63) is 29.6 Å². The molecule has 0 bridgehead atoms. The lowest BCUT2D eigenvalue weighted by Crippen LogP contribution is -2.42. The minimum absolute atomic E-state index is 0.424. The lowest BCUT2D eigenvalue weighted by atomic mass is 10.00. The highest BCUT2D eigenvalue weighted by Gasteiger charge is 2.25. The molecular formula is C14H23N3O. The molecule has 2 rings (SSSR count). The molecule has 1 aliphatic heterocycles. The fourth-order valence-corrected chi connectivity index (χ4v) is 2.60. The van der Waals surface area contributed by atoms with Crippen molar-refractivity contribution in [2.45, 2.75) is 45.0 Å². The fourth-order valence-electron chi connectivity index (χ4n) is 2.60. The van der Waals surface area contributed by atoms with Crippen LogP contribution in [0.15, 0.2) is 18.3 Å². The Morgan fingerprint density at radius 3 is 3.06 bits per heavy atom. The van der Waals surface area contributed by atoms with Crippen molar-refractivity contribution in [2.24, 2.45) is 5.73 Å². The van der Waals surface area contributed by atoms with Crippen molar-refractivity contribution in [3.63, 3.8) is 0 Å². The zero-order valence-corrected chi connectivity index (χ0v) is 11.3. The summed E-state index contributed by atoms with van der Waals surface area (Å²) in [5.74, 6) is 0. The number of hydrogen-bond acceptors (Lipinski definition) is 4. The summed E-state index contributed by atoms with van der Waals surface area (Å²) in [4.78, 5) is 6.74. The number of pyridine rings is 1. The van der Waals surface area contributed by atoms with Crippen LogP contribution in [0, 0.1) is 0 Å². The lowest BCUT2D eigenvalue weighted by molar-refractivity contribution is 0.0129. The maximum absolute atomic E-state index is 5.62. The van der Waals surface area contributed by atoms with Gasteiger partial charge in [0.2, 0.25) is 0 Å². The van der Waals surface area contributed by atoms with Gasteiger partial charge in [-0.15, -0.1) is 0 Å². The number of aromatic nitrogens is 1. The van der Waals surface area contributed by atoms with Gasteiger partial charge in [0, 0.05) is 39.0 Å². The maximum Gasteiger partial charge on any atom is 0.0598 e. The molecule has 100 valence electrons. The Morgan fingerprint density at radius 2 is 2.39 bits per heavy atom. The molecule has 1 fully saturated rings. The monoisotopic (exact) mass is 249 g/mol. The van der Waals surface area contributed by atoms with E-state index in [1.807, 2.05) is 13.3 Å². The summed E-state index contributed by atoms with van der Waals surface area (Å²) in [6.07, 6.45) is 4.51. The molecule has 4 heteroatoms. The molecular weight excluding hydrogens is 226 g/mol. The minimum Gasteiger partial charge on any atom is -0.381 e. The Labute approximate surface area is 109 Å². The van der Waals surface area contributed by atoms with Crippen LogP contribution in [0.2, 0.25) is 0 Å². The van der Waals surface area contributed by atoms with E-state index in [9.17, 15) is 0 Å². The van der Waals surface area contributed by atoms with Crippen LogP contribution >= 0.6 is 0 Å². The number of piperidine rings is 1. The molecule has 18 heavy (non-hydrogen) atoms. The van der Waals surface area contributed by atoms with Gasteiger partial charge in [0.1, 0.15) is 0 Å². The third-order valence-corrected chi connectivity index (χ3v) is 3.77. The summed E-state index contributed by atoms with van der Waals surface area (Å²) in [7, 11) is 1.81. The van der Waals surface area contributed by atoms with Gasteiger partial charge in [0.15, 0.2) is 0 Å². The van der Waals surface area contributed by atoms with Crippen molar-refractivity contribution >= 4 is 0 Å². The van der Waals surface area contributed by atoms with Gasteiger partial charge in [-0.1, -0.05) is 0 Å². The van der Waals surface area contributed by atoms with E-state index in [-0.39, 0.29) is 0 Å². The average Bonchev–Trinajstić information content (AvgIpc) is 2.41. The quantitative estimate of drug-likeness (QED) is 0.879. The van der Waals surface area contributed by atoms with Crippen molar-refractivity contribution < 1.29 is 4.74 Å². The fraction of sp³-hybridized carbons (Fsp3) is 0.643. The van der Waals surface area contributed by atoms with Gasteiger partial charge >= 0.3 is 0 Å². The van der Waals surface area contributed by atoms with E-state index in [1.54, 1.807) is 0 Å². The molecule has 2 atom stereocenters. The van der Waals surface area contributed by atoms with Crippen molar-refractivity contribution in [1.82, 2.24) is 9.88 Å². The first kappa shape index (κ1) is 13.5. The lowest BCUT2D eigenvalue weighted by Gasteiger charge is -2.37. The van der Waals surface area contributed by atoms with Crippen molar-refractivity contribution in [1.29, 1.82) is 0 Å². The van der Waals surface area contributed by atoms with E-state index < -0.39 is 0 Å². The van der Waals surface area contributed by atoms with Gasteiger partial charge in [0.05, 0.1) is 11.8 Å². The van der Waals surface area contributed by atoms with Crippen LogP contribution < -0.4 is 5.73 Å². The van der Waals surface area contributed by atoms with Gasteiger partial charge in [-0.25, -0.2) is 0 Å². The van der Waals surface area contributed by atoms with Crippen molar-refractivity contribution in [3.8, 4) is 0 Å². The summed E-state index contributed by atoms with van der Waals surface area (Å²) in [5.41, 5.74) is 7.89. The minimum atomic E-state index is 0.424. The molecule has 0 spiro atoms. The molecule has 1 aliphatic rings. The van der Waals surface area contributed by atoms with E-state index >= 15 is 0 Å². The first-order chi connectivity index (χ1) is 8.72. The first-order valence-corrected chi connectivity index (χ1v) is 6.63. The maximum atomic E-state index is 5.62. The zero-order valence-electron chi connectivity index (χ0n) is 11.3. The second-order valence-corrected chi connectivity index (χ2v) is 5.06. The van der Waals surface area contributed by atoms with E-state index in [4.69, 9.17) is 10.5 Å². The number of nitrogens with two attached hydrogens (primary N) is 1. The van der Waals surface area contributed by atoms with E-state index in [1.165, 1.54) is 5.56 Å². The predicted molar refractivity (Wildman–Crippen MR) is 72.0 cm³/mol. The molecule has 2 heterocycles. The van der Waals surface area contributed by atoms with E-state index in [0.29, 0.717) is 18.7 Å². The average molecular weight is 249 g/mol.